The molecule has 74 valence electrons. The summed E-state index contributed by atoms with van der Waals surface area (Å²) in [6, 6.07) is 4.81. The molecule has 2 rings (SSSR count). The Balaban J connectivity index is 2.41. The molecule has 0 atom stereocenters. The number of aromatic nitrogens is 1. The van der Waals surface area contributed by atoms with Gasteiger partial charge in [-0.05, 0) is 18.2 Å². The fourth-order valence-corrected chi connectivity index (χ4v) is 1.49. The molecule has 0 spiro atoms. The predicted molar refractivity (Wildman–Crippen MR) is 50.3 cm³/mol. The first-order chi connectivity index (χ1) is 6.65. The van der Waals surface area contributed by atoms with Crippen LogP contribution in [0.2, 0.25) is 0 Å². The number of oxazole rings is 1. The summed E-state index contributed by atoms with van der Waals surface area (Å²) < 4.78 is 29.0. The van der Waals surface area contributed by atoms with Gasteiger partial charge in [0.05, 0.1) is 0 Å². The molecule has 0 amide bonds. The summed E-state index contributed by atoms with van der Waals surface area (Å²) in [5, 5.41) is -0.0411. The molecule has 2 aromatic rings. The number of fused-ring (bicyclic) bond motifs is 1. The lowest BCUT2D eigenvalue weighted by molar-refractivity contribution is 0.249. The normalized spacial score (nSPS) is 11.4. The third-order valence-electron chi connectivity index (χ3n) is 1.58. The van der Waals surface area contributed by atoms with Crippen molar-refractivity contribution in [1.82, 2.24) is 4.98 Å². The van der Waals surface area contributed by atoms with E-state index in [4.69, 9.17) is 10.2 Å². The summed E-state index contributed by atoms with van der Waals surface area (Å²) in [4.78, 5) is 3.85. The van der Waals surface area contributed by atoms with Crippen LogP contribution in [-0.4, -0.2) is 10.7 Å². The average Bonchev–Trinajstić information content (AvgIpc) is 2.44. The van der Waals surface area contributed by atoms with E-state index in [1.807, 2.05) is 0 Å². The van der Waals surface area contributed by atoms with Crippen LogP contribution in [0.4, 0.5) is 14.5 Å². The van der Waals surface area contributed by atoms with Gasteiger partial charge in [-0.25, -0.2) is 4.98 Å². The van der Waals surface area contributed by atoms with Crippen LogP contribution in [0, 0.1) is 0 Å². The molecule has 0 saturated heterocycles. The molecule has 1 aromatic carbocycles. The highest BCUT2D eigenvalue weighted by Gasteiger charge is 2.12. The monoisotopic (exact) mass is 216 g/mol. The summed E-state index contributed by atoms with van der Waals surface area (Å²) in [7, 11) is 0. The molecule has 1 aromatic heterocycles. The molecule has 0 bridgehead atoms. The number of hydrogen-bond donors (Lipinski definition) is 1. The van der Waals surface area contributed by atoms with Crippen LogP contribution in [-0.2, 0) is 0 Å². The standard InChI is InChI=1S/C8H6F2N2OS/c9-7(10)14-8-12-5-3-4(11)1-2-6(5)13-8/h1-3,7H,11H2. The van der Waals surface area contributed by atoms with E-state index in [0.717, 1.165) is 0 Å². The predicted octanol–water partition coefficient (Wildman–Crippen LogP) is 2.72. The van der Waals surface area contributed by atoms with Crippen LogP contribution in [0.3, 0.4) is 0 Å². The molecule has 0 radical (unpaired) electrons. The molecule has 0 aliphatic carbocycles. The third kappa shape index (κ3) is 1.79. The van der Waals surface area contributed by atoms with Gasteiger partial charge in [0, 0.05) is 17.4 Å². The molecular formula is C8H6F2N2OS. The van der Waals surface area contributed by atoms with Crippen molar-refractivity contribution in [3.63, 3.8) is 0 Å². The second kappa shape index (κ2) is 3.45. The Morgan fingerprint density at radius 1 is 1.43 bits per heavy atom. The van der Waals surface area contributed by atoms with Gasteiger partial charge in [-0.2, -0.15) is 8.78 Å². The molecule has 6 heteroatoms. The topological polar surface area (TPSA) is 52.0 Å². The van der Waals surface area contributed by atoms with E-state index in [9.17, 15) is 8.78 Å². The van der Waals surface area contributed by atoms with Gasteiger partial charge in [-0.3, -0.25) is 0 Å². The first-order valence-electron chi connectivity index (χ1n) is 3.76. The van der Waals surface area contributed by atoms with Crippen molar-refractivity contribution in [2.45, 2.75) is 11.0 Å². The van der Waals surface area contributed by atoms with Crippen LogP contribution < -0.4 is 5.73 Å². The summed E-state index contributed by atoms with van der Waals surface area (Å²) in [6.07, 6.45) is 0. The Labute approximate surface area is 82.3 Å². The van der Waals surface area contributed by atoms with Gasteiger partial charge in [0.2, 0.25) is 0 Å². The fourth-order valence-electron chi connectivity index (χ4n) is 1.05. The van der Waals surface area contributed by atoms with E-state index in [2.05, 4.69) is 4.98 Å². The van der Waals surface area contributed by atoms with Crippen LogP contribution in [0.1, 0.15) is 0 Å². The zero-order valence-electron chi connectivity index (χ0n) is 6.91. The van der Waals surface area contributed by atoms with Crippen LogP contribution in [0.25, 0.3) is 11.1 Å². The van der Waals surface area contributed by atoms with Crippen LogP contribution in [0.15, 0.2) is 27.8 Å². The first kappa shape index (κ1) is 9.26. The Bertz CT molecular complexity index is 458. The van der Waals surface area contributed by atoms with E-state index in [-0.39, 0.29) is 17.0 Å². The molecule has 0 aliphatic rings. The van der Waals surface area contributed by atoms with Crippen LogP contribution >= 0.6 is 11.8 Å². The first-order valence-corrected chi connectivity index (χ1v) is 4.64. The van der Waals surface area contributed by atoms with Crippen molar-refractivity contribution < 1.29 is 13.2 Å². The molecule has 0 unspecified atom stereocenters. The highest BCUT2D eigenvalue weighted by molar-refractivity contribution is 7.99. The summed E-state index contributed by atoms with van der Waals surface area (Å²) in [5.74, 6) is -2.53. The van der Waals surface area contributed by atoms with Gasteiger partial charge >= 0.3 is 0 Å². The SMILES string of the molecule is Nc1ccc2oc(SC(F)F)nc2c1. The molecule has 14 heavy (non-hydrogen) atoms. The van der Waals surface area contributed by atoms with Gasteiger partial charge in [0.15, 0.2) is 5.58 Å². The number of thioether (sulfide) groups is 1. The number of alkyl halides is 2. The second-order valence-electron chi connectivity index (χ2n) is 2.59. The number of rotatable bonds is 2. The lowest BCUT2D eigenvalue weighted by Gasteiger charge is -1.89. The Hall–Kier alpha value is -1.30. The number of nitrogens with two attached hydrogens (primary N) is 1. The van der Waals surface area contributed by atoms with Gasteiger partial charge in [-0.15, -0.1) is 0 Å². The zero-order valence-corrected chi connectivity index (χ0v) is 7.72. The summed E-state index contributed by atoms with van der Waals surface area (Å²) in [6.45, 7) is 0. The van der Waals surface area contributed by atoms with Gasteiger partial charge in [0.25, 0.3) is 11.0 Å². The number of benzene rings is 1. The third-order valence-corrected chi connectivity index (χ3v) is 2.14. The molecule has 3 nitrogen and oxygen atoms in total. The Morgan fingerprint density at radius 3 is 2.93 bits per heavy atom. The van der Waals surface area contributed by atoms with Gasteiger partial charge in [-0.1, -0.05) is 0 Å². The quantitative estimate of drug-likeness (QED) is 0.619. The van der Waals surface area contributed by atoms with Crippen molar-refractivity contribution in [1.29, 1.82) is 0 Å². The van der Waals surface area contributed by atoms with Crippen molar-refractivity contribution in [2.75, 3.05) is 5.73 Å². The minimum absolute atomic E-state index is 0.0411. The van der Waals surface area contributed by atoms with Crippen molar-refractivity contribution in [2.24, 2.45) is 0 Å². The maximum atomic E-state index is 12.0. The lowest BCUT2D eigenvalue weighted by atomic mass is 10.3. The van der Waals surface area contributed by atoms with Crippen LogP contribution in [0.5, 0.6) is 0 Å². The summed E-state index contributed by atoms with van der Waals surface area (Å²) >= 11 is 0.278. The molecule has 0 saturated carbocycles. The van der Waals surface area contributed by atoms with Crippen molar-refractivity contribution in [3.8, 4) is 0 Å². The van der Waals surface area contributed by atoms with E-state index in [1.165, 1.54) is 0 Å². The number of nitrogens with zero attached hydrogens (tertiary/aromatic N) is 1. The van der Waals surface area contributed by atoms with E-state index < -0.39 is 5.76 Å². The van der Waals surface area contributed by atoms with E-state index in [1.54, 1.807) is 18.2 Å². The minimum atomic E-state index is -2.53. The van der Waals surface area contributed by atoms with Crippen molar-refractivity contribution in [3.05, 3.63) is 18.2 Å². The number of nitrogen functional groups attached to an aromatic ring is 1. The summed E-state index contributed by atoms with van der Waals surface area (Å²) in [5.41, 5.74) is 6.98. The number of halogens is 2. The lowest BCUT2D eigenvalue weighted by Crippen LogP contribution is -1.82. The molecule has 2 N–H and O–H groups in total. The second-order valence-corrected chi connectivity index (χ2v) is 3.53. The van der Waals surface area contributed by atoms with Gasteiger partial charge in [0.1, 0.15) is 5.52 Å². The van der Waals surface area contributed by atoms with E-state index in [0.29, 0.717) is 16.8 Å². The van der Waals surface area contributed by atoms with E-state index >= 15 is 0 Å². The highest BCUT2D eigenvalue weighted by atomic mass is 32.2. The molecule has 0 fully saturated rings. The minimum Gasteiger partial charge on any atom is -0.431 e. The zero-order chi connectivity index (χ0) is 10.1. The Morgan fingerprint density at radius 2 is 2.21 bits per heavy atom. The maximum Gasteiger partial charge on any atom is 0.293 e. The molecule has 1 heterocycles. The number of hydrogen-bond acceptors (Lipinski definition) is 4. The maximum absolute atomic E-state index is 12.0. The highest BCUT2D eigenvalue weighted by Crippen LogP contribution is 2.28. The number of anilines is 1. The smallest absolute Gasteiger partial charge is 0.293 e. The largest absolute Gasteiger partial charge is 0.431 e. The average molecular weight is 216 g/mol. The van der Waals surface area contributed by atoms with Gasteiger partial charge < -0.3 is 10.2 Å². The molecule has 0 aliphatic heterocycles. The Kier molecular flexibility index (Phi) is 2.28. The molecular weight excluding hydrogens is 210 g/mol. The van der Waals surface area contributed by atoms with Crippen molar-refractivity contribution >= 4 is 28.5 Å². The fraction of sp³-hybridized carbons (Fsp3) is 0.125.